The van der Waals surface area contributed by atoms with Gasteiger partial charge in [0.15, 0.2) is 11.5 Å². The van der Waals surface area contributed by atoms with Crippen LogP contribution in [0.1, 0.15) is 32.4 Å². The Bertz CT molecular complexity index is 1080. The lowest BCUT2D eigenvalue weighted by molar-refractivity contribution is -0.136. The number of aryl methyl sites for hydroxylation is 1. The number of likely N-dealkylation sites (N-methyl/N-ethyl adjacent to an activating group) is 1. The predicted molar refractivity (Wildman–Crippen MR) is 134 cm³/mol. The Labute approximate surface area is 216 Å². The lowest BCUT2D eigenvalue weighted by atomic mass is 10.0. The summed E-state index contributed by atoms with van der Waals surface area (Å²) in [4.78, 5) is 29.3. The number of aliphatic hydroxyl groups is 1. The predicted octanol–water partition coefficient (Wildman–Crippen LogP) is 1.74. The summed E-state index contributed by atoms with van der Waals surface area (Å²) in [5, 5.41) is 20.9. The van der Waals surface area contributed by atoms with Crippen molar-refractivity contribution in [2.24, 2.45) is 5.92 Å². The molecule has 0 fully saturated rings. The van der Waals surface area contributed by atoms with E-state index in [9.17, 15) is 14.7 Å². The van der Waals surface area contributed by atoms with Gasteiger partial charge < -0.3 is 34.4 Å². The molecular weight excluding hydrogens is 480 g/mol. The Kier molecular flexibility index (Phi) is 8.82. The van der Waals surface area contributed by atoms with Gasteiger partial charge in [-0.3, -0.25) is 9.48 Å². The third kappa shape index (κ3) is 6.89. The molecule has 4 rings (SSSR count). The summed E-state index contributed by atoms with van der Waals surface area (Å²) in [7, 11) is 1.69. The van der Waals surface area contributed by atoms with Crippen molar-refractivity contribution < 1.29 is 28.9 Å². The molecule has 2 aliphatic rings. The Morgan fingerprint density at radius 1 is 1.30 bits per heavy atom. The van der Waals surface area contributed by atoms with Gasteiger partial charge in [0.1, 0.15) is 18.9 Å². The Hall–Kier alpha value is -3.38. The minimum Gasteiger partial charge on any atom is -0.486 e. The van der Waals surface area contributed by atoms with Gasteiger partial charge in [-0.2, -0.15) is 0 Å². The van der Waals surface area contributed by atoms with E-state index in [1.54, 1.807) is 39.7 Å². The summed E-state index contributed by atoms with van der Waals surface area (Å²) < 4.78 is 19.1. The fourth-order valence-corrected chi connectivity index (χ4v) is 4.39. The van der Waals surface area contributed by atoms with Gasteiger partial charge in [0.25, 0.3) is 0 Å². The lowest BCUT2D eigenvalue weighted by Crippen LogP contribution is -2.48. The monoisotopic (exact) mass is 516 g/mol. The summed E-state index contributed by atoms with van der Waals surface area (Å²) in [5.74, 6) is 1.08. The van der Waals surface area contributed by atoms with Crippen molar-refractivity contribution >= 4 is 17.6 Å². The first-order chi connectivity index (χ1) is 17.8. The number of nitrogens with one attached hydrogen (secondary N) is 1. The van der Waals surface area contributed by atoms with Crippen molar-refractivity contribution in [2.75, 3.05) is 45.3 Å². The molecule has 3 heterocycles. The van der Waals surface area contributed by atoms with E-state index in [2.05, 4.69) is 15.6 Å². The highest BCUT2D eigenvalue weighted by atomic mass is 16.6. The quantitative estimate of drug-likeness (QED) is 0.614. The molecule has 0 saturated heterocycles. The topological polar surface area (TPSA) is 131 Å². The van der Waals surface area contributed by atoms with Gasteiger partial charge in [-0.05, 0) is 25.5 Å². The number of hydrogen-bond donors (Lipinski definition) is 2. The largest absolute Gasteiger partial charge is 0.486 e. The van der Waals surface area contributed by atoms with Gasteiger partial charge in [-0.15, -0.1) is 5.10 Å². The van der Waals surface area contributed by atoms with Crippen LogP contribution in [0.5, 0.6) is 11.5 Å². The van der Waals surface area contributed by atoms with Crippen LogP contribution >= 0.6 is 0 Å². The zero-order valence-corrected chi connectivity index (χ0v) is 21.6. The lowest BCUT2D eigenvalue weighted by Gasteiger charge is -2.35. The van der Waals surface area contributed by atoms with Crippen LogP contribution in [0.3, 0.4) is 0 Å². The van der Waals surface area contributed by atoms with Crippen molar-refractivity contribution in [3.8, 4) is 11.5 Å². The van der Waals surface area contributed by atoms with E-state index in [-0.39, 0.29) is 43.7 Å². The molecular formula is C25H36N6O6. The molecule has 202 valence electrons. The average molecular weight is 517 g/mol. The van der Waals surface area contributed by atoms with E-state index in [4.69, 9.17) is 14.2 Å². The maximum Gasteiger partial charge on any atom is 0.321 e. The second kappa shape index (κ2) is 12.2. The van der Waals surface area contributed by atoms with Gasteiger partial charge in [0.05, 0.1) is 31.6 Å². The Morgan fingerprint density at radius 2 is 2.08 bits per heavy atom. The summed E-state index contributed by atoms with van der Waals surface area (Å²) in [6.07, 6.45) is 2.38. The fourth-order valence-electron chi connectivity index (χ4n) is 4.39. The Balaban J connectivity index is 1.46. The molecule has 12 nitrogen and oxygen atoms in total. The number of rotatable bonds is 5. The summed E-state index contributed by atoms with van der Waals surface area (Å²) in [5.41, 5.74) is 1.28. The molecule has 3 amide bonds. The summed E-state index contributed by atoms with van der Waals surface area (Å²) >= 11 is 0. The van der Waals surface area contributed by atoms with E-state index in [1.165, 1.54) is 0 Å². The molecule has 1 aromatic carbocycles. The molecule has 0 unspecified atom stereocenters. The van der Waals surface area contributed by atoms with Gasteiger partial charge in [0.2, 0.25) is 5.91 Å². The number of hydrogen-bond acceptors (Lipinski definition) is 8. The average Bonchev–Trinajstić information content (AvgIpc) is 3.36. The summed E-state index contributed by atoms with van der Waals surface area (Å²) in [6.45, 7) is 6.12. The second-order valence-electron chi connectivity index (χ2n) is 9.65. The summed E-state index contributed by atoms with van der Waals surface area (Å²) in [6, 6.07) is 4.64. The van der Waals surface area contributed by atoms with Crippen LogP contribution in [0, 0.1) is 5.92 Å². The van der Waals surface area contributed by atoms with Crippen LogP contribution in [0.2, 0.25) is 0 Å². The highest BCUT2D eigenvalue weighted by Crippen LogP contribution is 2.32. The number of benzene rings is 1. The minimum absolute atomic E-state index is 0.0311. The highest BCUT2D eigenvalue weighted by molar-refractivity contribution is 5.89. The first-order valence-electron chi connectivity index (χ1n) is 12.7. The number of aliphatic hydroxyl groups excluding tert-OH is 1. The van der Waals surface area contributed by atoms with Gasteiger partial charge in [0, 0.05) is 50.8 Å². The van der Waals surface area contributed by atoms with Crippen LogP contribution in [0.4, 0.5) is 10.5 Å². The van der Waals surface area contributed by atoms with Crippen molar-refractivity contribution in [3.05, 3.63) is 30.1 Å². The number of fused-ring (bicyclic) bond motifs is 3. The standard InChI is InChI=1S/C25H36N6O6/c1-17-12-31(18(2)15-32)24(33)5-4-8-30-13-20(27-28-30)16-37-23(17)14-29(3)25(34)26-19-6-7-21-22(11-19)36-10-9-35-21/h6-7,11,13,17-18,23,32H,4-5,8-10,12,14-16H2,1-3H3,(H,26,34)/t17-,18+,23-/m1/s1. The van der Waals surface area contributed by atoms with Gasteiger partial charge in [-0.1, -0.05) is 12.1 Å². The van der Waals surface area contributed by atoms with Crippen molar-refractivity contribution in [1.82, 2.24) is 24.8 Å². The number of anilines is 1. The van der Waals surface area contributed by atoms with Gasteiger partial charge >= 0.3 is 6.03 Å². The molecule has 2 aliphatic heterocycles. The zero-order valence-electron chi connectivity index (χ0n) is 21.6. The third-order valence-corrected chi connectivity index (χ3v) is 6.64. The van der Waals surface area contributed by atoms with E-state index < -0.39 is 6.10 Å². The van der Waals surface area contributed by atoms with Crippen LogP contribution < -0.4 is 14.8 Å². The molecule has 0 saturated carbocycles. The zero-order chi connectivity index (χ0) is 26.4. The molecule has 0 spiro atoms. The van der Waals surface area contributed by atoms with E-state index >= 15 is 0 Å². The molecule has 0 radical (unpaired) electrons. The molecule has 1 aromatic heterocycles. The molecule has 37 heavy (non-hydrogen) atoms. The molecule has 3 atom stereocenters. The SMILES string of the molecule is C[C@@H]1CN([C@@H](C)CO)C(=O)CCCn2cc(nn2)CO[C@@H]1CN(C)C(=O)Nc1ccc2c(c1)OCCO2. The number of carbonyl (C=O) groups excluding carboxylic acids is 2. The van der Waals surface area contributed by atoms with Crippen LogP contribution in [-0.4, -0.2) is 93.9 Å². The molecule has 2 aromatic rings. The maximum atomic E-state index is 13.0. The first kappa shape index (κ1) is 26.7. The minimum atomic E-state index is -0.400. The number of urea groups is 1. The van der Waals surface area contributed by atoms with Crippen LogP contribution in [-0.2, 0) is 22.7 Å². The number of ether oxygens (including phenoxy) is 3. The van der Waals surface area contributed by atoms with Crippen LogP contribution in [0.25, 0.3) is 0 Å². The molecule has 0 aliphatic carbocycles. The van der Waals surface area contributed by atoms with Crippen molar-refractivity contribution in [2.45, 2.75) is 52.0 Å². The molecule has 2 N–H and O–H groups in total. The van der Waals surface area contributed by atoms with Crippen LogP contribution in [0.15, 0.2) is 24.4 Å². The number of nitrogens with zero attached hydrogens (tertiary/aromatic N) is 5. The van der Waals surface area contributed by atoms with Crippen molar-refractivity contribution in [1.29, 1.82) is 0 Å². The first-order valence-corrected chi connectivity index (χ1v) is 12.7. The highest BCUT2D eigenvalue weighted by Gasteiger charge is 2.29. The second-order valence-corrected chi connectivity index (χ2v) is 9.65. The van der Waals surface area contributed by atoms with E-state index in [0.717, 1.165) is 0 Å². The van der Waals surface area contributed by atoms with E-state index in [1.807, 2.05) is 20.0 Å². The number of aromatic nitrogens is 3. The molecule has 2 bridgehead atoms. The smallest absolute Gasteiger partial charge is 0.321 e. The van der Waals surface area contributed by atoms with E-state index in [0.29, 0.717) is 62.0 Å². The molecule has 12 heteroatoms. The Morgan fingerprint density at radius 3 is 2.86 bits per heavy atom. The number of amides is 3. The number of carbonyl (C=O) groups is 2. The van der Waals surface area contributed by atoms with Gasteiger partial charge in [-0.25, -0.2) is 4.79 Å². The maximum absolute atomic E-state index is 13.0. The fraction of sp³-hybridized carbons (Fsp3) is 0.600. The normalized spacial score (nSPS) is 21.3. The van der Waals surface area contributed by atoms with Crippen molar-refractivity contribution in [3.63, 3.8) is 0 Å². The third-order valence-electron chi connectivity index (χ3n) is 6.64.